The van der Waals surface area contributed by atoms with Gasteiger partial charge in [0.15, 0.2) is 0 Å². The molecule has 0 spiro atoms. The molecular formula is C15H16ClFN4. The van der Waals surface area contributed by atoms with Gasteiger partial charge >= 0.3 is 0 Å². The van der Waals surface area contributed by atoms with Gasteiger partial charge in [0.1, 0.15) is 11.6 Å². The van der Waals surface area contributed by atoms with Crippen molar-refractivity contribution in [1.29, 1.82) is 0 Å². The van der Waals surface area contributed by atoms with Crippen molar-refractivity contribution in [1.82, 2.24) is 4.98 Å². The fourth-order valence-electron chi connectivity index (χ4n) is 2.51. The van der Waals surface area contributed by atoms with E-state index in [4.69, 9.17) is 17.3 Å². The van der Waals surface area contributed by atoms with E-state index in [-0.39, 0.29) is 5.82 Å². The van der Waals surface area contributed by atoms with Crippen molar-refractivity contribution in [2.75, 3.05) is 41.7 Å². The molecule has 4 nitrogen and oxygen atoms in total. The van der Waals surface area contributed by atoms with Crippen molar-refractivity contribution in [2.45, 2.75) is 0 Å². The van der Waals surface area contributed by atoms with Gasteiger partial charge in [0.2, 0.25) is 0 Å². The summed E-state index contributed by atoms with van der Waals surface area (Å²) < 4.78 is 13.0. The second kappa shape index (κ2) is 5.77. The van der Waals surface area contributed by atoms with E-state index in [1.165, 1.54) is 12.1 Å². The number of anilines is 3. The number of halogens is 2. The maximum atomic E-state index is 13.0. The fourth-order valence-corrected chi connectivity index (χ4v) is 2.80. The van der Waals surface area contributed by atoms with Crippen LogP contribution >= 0.6 is 11.6 Å². The second-order valence-electron chi connectivity index (χ2n) is 5.02. The average molecular weight is 307 g/mol. The highest BCUT2D eigenvalue weighted by Crippen LogP contribution is 2.26. The van der Waals surface area contributed by atoms with Crippen LogP contribution in [0.15, 0.2) is 36.5 Å². The lowest BCUT2D eigenvalue weighted by atomic mass is 10.2. The highest BCUT2D eigenvalue weighted by atomic mass is 35.5. The van der Waals surface area contributed by atoms with E-state index in [2.05, 4.69) is 14.8 Å². The van der Waals surface area contributed by atoms with Gasteiger partial charge in [0.05, 0.1) is 16.9 Å². The molecule has 21 heavy (non-hydrogen) atoms. The summed E-state index contributed by atoms with van der Waals surface area (Å²) >= 11 is 6.19. The molecular weight excluding hydrogens is 291 g/mol. The Bertz CT molecular complexity index is 624. The minimum absolute atomic E-state index is 0.213. The Morgan fingerprint density at radius 3 is 2.29 bits per heavy atom. The Morgan fingerprint density at radius 1 is 1.05 bits per heavy atom. The molecule has 0 bridgehead atoms. The maximum Gasteiger partial charge on any atom is 0.147 e. The Kier molecular flexibility index (Phi) is 3.84. The quantitative estimate of drug-likeness (QED) is 0.927. The molecule has 2 heterocycles. The van der Waals surface area contributed by atoms with E-state index in [0.29, 0.717) is 10.7 Å². The molecule has 0 aliphatic carbocycles. The van der Waals surface area contributed by atoms with Crippen LogP contribution in [0.25, 0.3) is 0 Å². The molecule has 6 heteroatoms. The normalized spacial score (nSPS) is 15.3. The Balaban J connectivity index is 1.68. The average Bonchev–Trinajstić information content (AvgIpc) is 2.48. The van der Waals surface area contributed by atoms with Crippen molar-refractivity contribution >= 4 is 28.8 Å². The van der Waals surface area contributed by atoms with Crippen LogP contribution in [-0.2, 0) is 0 Å². The number of pyridine rings is 1. The third kappa shape index (κ3) is 3.03. The minimum atomic E-state index is -0.213. The van der Waals surface area contributed by atoms with Crippen molar-refractivity contribution < 1.29 is 4.39 Å². The zero-order valence-corrected chi connectivity index (χ0v) is 12.2. The molecule has 2 N–H and O–H groups in total. The predicted molar refractivity (Wildman–Crippen MR) is 84.5 cm³/mol. The van der Waals surface area contributed by atoms with Gasteiger partial charge in [-0.25, -0.2) is 9.37 Å². The zero-order chi connectivity index (χ0) is 14.8. The molecule has 1 aromatic heterocycles. The number of aromatic nitrogens is 1. The first-order valence-electron chi connectivity index (χ1n) is 6.80. The van der Waals surface area contributed by atoms with E-state index in [1.807, 2.05) is 0 Å². The number of nitrogens with two attached hydrogens (primary N) is 1. The van der Waals surface area contributed by atoms with Gasteiger partial charge in [0, 0.05) is 31.9 Å². The van der Waals surface area contributed by atoms with Gasteiger partial charge < -0.3 is 15.5 Å². The number of piperazine rings is 1. The first-order chi connectivity index (χ1) is 10.1. The topological polar surface area (TPSA) is 45.4 Å². The summed E-state index contributed by atoms with van der Waals surface area (Å²) in [4.78, 5) is 8.68. The molecule has 0 unspecified atom stereocenters. The highest BCUT2D eigenvalue weighted by molar-refractivity contribution is 6.33. The van der Waals surface area contributed by atoms with Crippen LogP contribution in [0.4, 0.5) is 21.6 Å². The van der Waals surface area contributed by atoms with Crippen LogP contribution in [0.1, 0.15) is 0 Å². The van der Waals surface area contributed by atoms with E-state index in [1.54, 1.807) is 24.4 Å². The van der Waals surface area contributed by atoms with Crippen LogP contribution in [-0.4, -0.2) is 31.2 Å². The highest BCUT2D eigenvalue weighted by Gasteiger charge is 2.20. The van der Waals surface area contributed by atoms with Crippen molar-refractivity contribution in [3.05, 3.63) is 47.4 Å². The lowest BCUT2D eigenvalue weighted by Gasteiger charge is -2.37. The SMILES string of the molecule is Nc1cnc(N2CCN(c3ccc(F)cc3)CC2)c(Cl)c1. The molecule has 1 aliphatic rings. The van der Waals surface area contributed by atoms with E-state index in [9.17, 15) is 4.39 Å². The summed E-state index contributed by atoms with van der Waals surface area (Å²) in [6.45, 7) is 3.31. The number of benzene rings is 1. The summed E-state index contributed by atoms with van der Waals surface area (Å²) in [5.74, 6) is 0.555. The zero-order valence-electron chi connectivity index (χ0n) is 11.5. The standard InChI is InChI=1S/C15H16ClFN4/c16-14-9-12(18)10-19-15(14)21-7-5-20(6-8-21)13-3-1-11(17)2-4-13/h1-4,9-10H,5-8,18H2. The third-order valence-corrected chi connectivity index (χ3v) is 3.89. The fraction of sp³-hybridized carbons (Fsp3) is 0.267. The second-order valence-corrected chi connectivity index (χ2v) is 5.43. The van der Waals surface area contributed by atoms with Crippen LogP contribution in [0, 0.1) is 5.82 Å². The number of hydrogen-bond acceptors (Lipinski definition) is 4. The summed E-state index contributed by atoms with van der Waals surface area (Å²) in [6, 6.07) is 8.30. The molecule has 2 aromatic rings. The van der Waals surface area contributed by atoms with Crippen molar-refractivity contribution in [3.63, 3.8) is 0 Å². The smallest absolute Gasteiger partial charge is 0.147 e. The number of rotatable bonds is 2. The Hall–Kier alpha value is -2.01. The lowest BCUT2D eigenvalue weighted by Crippen LogP contribution is -2.47. The van der Waals surface area contributed by atoms with Gasteiger partial charge in [-0.15, -0.1) is 0 Å². The summed E-state index contributed by atoms with van der Waals surface area (Å²) in [6.07, 6.45) is 1.62. The number of nitrogens with zero attached hydrogens (tertiary/aromatic N) is 3. The molecule has 0 radical (unpaired) electrons. The van der Waals surface area contributed by atoms with Gasteiger partial charge in [0.25, 0.3) is 0 Å². The summed E-state index contributed by atoms with van der Waals surface area (Å²) in [5.41, 5.74) is 7.26. The van der Waals surface area contributed by atoms with Crippen molar-refractivity contribution in [3.8, 4) is 0 Å². The van der Waals surface area contributed by atoms with Gasteiger partial charge in [-0.3, -0.25) is 0 Å². The van der Waals surface area contributed by atoms with Crippen LogP contribution in [0.2, 0.25) is 5.02 Å². The molecule has 110 valence electrons. The maximum absolute atomic E-state index is 13.0. The first kappa shape index (κ1) is 13.9. The van der Waals surface area contributed by atoms with Gasteiger partial charge in [-0.05, 0) is 30.3 Å². The minimum Gasteiger partial charge on any atom is -0.397 e. The lowest BCUT2D eigenvalue weighted by molar-refractivity contribution is 0.624. The van der Waals surface area contributed by atoms with Gasteiger partial charge in [-0.1, -0.05) is 11.6 Å². The molecule has 1 aliphatic heterocycles. The van der Waals surface area contributed by atoms with E-state index < -0.39 is 0 Å². The molecule has 0 saturated carbocycles. The molecule has 1 fully saturated rings. The summed E-state index contributed by atoms with van der Waals surface area (Å²) in [7, 11) is 0. The molecule has 0 amide bonds. The molecule has 1 aromatic carbocycles. The molecule has 3 rings (SSSR count). The largest absolute Gasteiger partial charge is 0.397 e. The van der Waals surface area contributed by atoms with Crippen LogP contribution in [0.3, 0.4) is 0 Å². The molecule has 0 atom stereocenters. The third-order valence-electron chi connectivity index (χ3n) is 3.61. The first-order valence-corrected chi connectivity index (χ1v) is 7.18. The van der Waals surface area contributed by atoms with Crippen molar-refractivity contribution in [2.24, 2.45) is 0 Å². The summed E-state index contributed by atoms with van der Waals surface area (Å²) in [5, 5.41) is 0.574. The Morgan fingerprint density at radius 2 is 1.67 bits per heavy atom. The predicted octanol–water partition coefficient (Wildman–Crippen LogP) is 2.78. The van der Waals surface area contributed by atoms with Crippen LogP contribution < -0.4 is 15.5 Å². The monoisotopic (exact) mass is 306 g/mol. The van der Waals surface area contributed by atoms with Crippen LogP contribution in [0.5, 0.6) is 0 Å². The Labute approximate surface area is 127 Å². The molecule has 1 saturated heterocycles. The number of nitrogen functional groups attached to an aromatic ring is 1. The van der Waals surface area contributed by atoms with Gasteiger partial charge in [-0.2, -0.15) is 0 Å². The van der Waals surface area contributed by atoms with E-state index in [0.717, 1.165) is 37.7 Å². The van der Waals surface area contributed by atoms with E-state index >= 15 is 0 Å². The number of hydrogen-bond donors (Lipinski definition) is 1.